The van der Waals surface area contributed by atoms with E-state index in [1.54, 1.807) is 0 Å². The topological polar surface area (TPSA) is 17.8 Å². The zero-order valence-electron chi connectivity index (χ0n) is 12.4. The van der Waals surface area contributed by atoms with Gasteiger partial charge in [-0.15, -0.1) is 0 Å². The van der Waals surface area contributed by atoms with Crippen molar-refractivity contribution in [3.63, 3.8) is 0 Å². The van der Waals surface area contributed by atoms with E-state index in [-0.39, 0.29) is 10.8 Å². The van der Waals surface area contributed by atoms with Crippen LogP contribution in [0.5, 0.6) is 0 Å². The third-order valence-electron chi connectivity index (χ3n) is 4.83. The van der Waals surface area contributed by atoms with Crippen molar-refractivity contribution in [2.75, 3.05) is 0 Å². The molecule has 0 atom stereocenters. The fourth-order valence-corrected chi connectivity index (χ4v) is 2.50. The highest BCUT2D eigenvalue weighted by molar-refractivity contribution is 5.27. The Balaban J connectivity index is 2.53. The molecule has 0 N–H and O–H groups in total. The zero-order chi connectivity index (χ0) is 13.1. The summed E-state index contributed by atoms with van der Waals surface area (Å²) in [5.41, 5.74) is 3.31. The van der Waals surface area contributed by atoms with E-state index in [1.807, 2.05) is 0 Å². The number of aryl methyl sites for hydroxylation is 1. The van der Waals surface area contributed by atoms with E-state index in [1.165, 1.54) is 17.8 Å². The predicted molar refractivity (Wildman–Crippen MR) is 72.4 cm³/mol. The van der Waals surface area contributed by atoms with Crippen molar-refractivity contribution >= 4 is 0 Å². The minimum Gasteiger partial charge on any atom is -0.269 e. The standard InChI is InChI=1S/C15H26N2/c1-13(2,3)11-10-12-15(6,7)14(4,5)8-9-17(12)16-11/h10H,8-9H2,1-7H3. The Labute approximate surface area is 105 Å². The number of hydrogen-bond donors (Lipinski definition) is 0. The van der Waals surface area contributed by atoms with Crippen molar-refractivity contribution in [2.24, 2.45) is 5.41 Å². The van der Waals surface area contributed by atoms with Crippen molar-refractivity contribution in [3.05, 3.63) is 17.5 Å². The minimum atomic E-state index is 0.143. The largest absolute Gasteiger partial charge is 0.269 e. The second-order valence-corrected chi connectivity index (χ2v) is 7.65. The van der Waals surface area contributed by atoms with E-state index in [2.05, 4.69) is 59.2 Å². The van der Waals surface area contributed by atoms with Gasteiger partial charge in [0.25, 0.3) is 0 Å². The third kappa shape index (κ3) is 1.82. The molecule has 0 aromatic carbocycles. The first-order chi connectivity index (χ1) is 7.56. The van der Waals surface area contributed by atoms with Crippen LogP contribution in [0.3, 0.4) is 0 Å². The van der Waals surface area contributed by atoms with Gasteiger partial charge in [0.2, 0.25) is 0 Å². The van der Waals surface area contributed by atoms with Gasteiger partial charge in [-0.05, 0) is 17.9 Å². The zero-order valence-corrected chi connectivity index (χ0v) is 12.4. The van der Waals surface area contributed by atoms with Crippen molar-refractivity contribution in [3.8, 4) is 0 Å². The Morgan fingerprint density at radius 1 is 1.18 bits per heavy atom. The Morgan fingerprint density at radius 3 is 2.29 bits per heavy atom. The Kier molecular flexibility index (Phi) is 2.51. The molecular formula is C15H26N2. The summed E-state index contributed by atoms with van der Waals surface area (Å²) in [7, 11) is 0. The maximum Gasteiger partial charge on any atom is 0.0681 e. The molecule has 17 heavy (non-hydrogen) atoms. The molecule has 2 heterocycles. The van der Waals surface area contributed by atoms with E-state index in [4.69, 9.17) is 5.10 Å². The van der Waals surface area contributed by atoms with Crippen molar-refractivity contribution < 1.29 is 0 Å². The predicted octanol–water partition coefficient (Wildman–Crippen LogP) is 3.89. The Hall–Kier alpha value is -0.790. The molecule has 0 radical (unpaired) electrons. The van der Waals surface area contributed by atoms with Gasteiger partial charge in [0, 0.05) is 23.1 Å². The van der Waals surface area contributed by atoms with Crippen LogP contribution in [-0.4, -0.2) is 9.78 Å². The molecule has 0 amide bonds. The van der Waals surface area contributed by atoms with Crippen LogP contribution in [0.15, 0.2) is 6.07 Å². The number of aromatic nitrogens is 2. The molecule has 2 nitrogen and oxygen atoms in total. The van der Waals surface area contributed by atoms with Gasteiger partial charge in [-0.2, -0.15) is 5.10 Å². The first kappa shape index (κ1) is 12.7. The average molecular weight is 234 g/mol. The molecule has 0 fully saturated rings. The van der Waals surface area contributed by atoms with E-state index >= 15 is 0 Å². The summed E-state index contributed by atoms with van der Waals surface area (Å²) in [6.07, 6.45) is 1.21. The van der Waals surface area contributed by atoms with Crippen molar-refractivity contribution in [2.45, 2.75) is 72.3 Å². The smallest absolute Gasteiger partial charge is 0.0681 e. The second kappa shape index (κ2) is 3.37. The molecular weight excluding hydrogens is 208 g/mol. The molecule has 96 valence electrons. The molecule has 1 aromatic rings. The second-order valence-electron chi connectivity index (χ2n) is 7.65. The number of nitrogens with zero attached hydrogens (tertiary/aromatic N) is 2. The average Bonchev–Trinajstić information content (AvgIpc) is 2.56. The Morgan fingerprint density at radius 2 is 1.76 bits per heavy atom. The summed E-state index contributed by atoms with van der Waals surface area (Å²) in [6, 6.07) is 2.32. The highest BCUT2D eigenvalue weighted by Crippen LogP contribution is 2.47. The molecule has 2 rings (SSSR count). The lowest BCUT2D eigenvalue weighted by molar-refractivity contribution is 0.128. The molecule has 2 heteroatoms. The Bertz CT molecular complexity index is 430. The van der Waals surface area contributed by atoms with Crippen molar-refractivity contribution in [1.82, 2.24) is 9.78 Å². The van der Waals surface area contributed by atoms with E-state index in [0.717, 1.165) is 6.54 Å². The number of rotatable bonds is 0. The number of hydrogen-bond acceptors (Lipinski definition) is 1. The molecule has 0 saturated carbocycles. The summed E-state index contributed by atoms with van der Waals surface area (Å²) >= 11 is 0. The molecule has 0 spiro atoms. The lowest BCUT2D eigenvalue weighted by atomic mass is 9.62. The van der Waals surface area contributed by atoms with Gasteiger partial charge in [-0.25, -0.2) is 0 Å². The van der Waals surface area contributed by atoms with Crippen LogP contribution < -0.4 is 0 Å². The van der Waals surface area contributed by atoms with Crippen LogP contribution in [0.2, 0.25) is 0 Å². The fourth-order valence-electron chi connectivity index (χ4n) is 2.50. The first-order valence-corrected chi connectivity index (χ1v) is 6.64. The van der Waals surface area contributed by atoms with Gasteiger partial charge >= 0.3 is 0 Å². The molecule has 0 unspecified atom stereocenters. The van der Waals surface area contributed by atoms with Crippen LogP contribution in [0, 0.1) is 5.41 Å². The quantitative estimate of drug-likeness (QED) is 0.666. The van der Waals surface area contributed by atoms with Crippen LogP contribution in [0.1, 0.15) is 66.3 Å². The third-order valence-corrected chi connectivity index (χ3v) is 4.83. The first-order valence-electron chi connectivity index (χ1n) is 6.64. The van der Waals surface area contributed by atoms with Crippen LogP contribution in [0.4, 0.5) is 0 Å². The van der Waals surface area contributed by atoms with Gasteiger partial charge in [0.05, 0.1) is 5.69 Å². The van der Waals surface area contributed by atoms with Crippen LogP contribution in [-0.2, 0) is 17.4 Å². The maximum atomic E-state index is 4.80. The summed E-state index contributed by atoms with van der Waals surface area (Å²) in [4.78, 5) is 0. The van der Waals surface area contributed by atoms with Gasteiger partial charge in [-0.1, -0.05) is 48.5 Å². The minimum absolute atomic E-state index is 0.143. The molecule has 1 aromatic heterocycles. The van der Waals surface area contributed by atoms with Crippen molar-refractivity contribution in [1.29, 1.82) is 0 Å². The van der Waals surface area contributed by atoms with Gasteiger partial charge in [0.15, 0.2) is 0 Å². The SMILES string of the molecule is CC(C)(C)c1cc2n(n1)CCC(C)(C)C2(C)C. The summed E-state index contributed by atoms with van der Waals surface area (Å²) in [6.45, 7) is 17.2. The highest BCUT2D eigenvalue weighted by atomic mass is 15.3. The van der Waals surface area contributed by atoms with E-state index < -0.39 is 0 Å². The van der Waals surface area contributed by atoms with Crippen LogP contribution >= 0.6 is 0 Å². The summed E-state index contributed by atoms with van der Waals surface area (Å²) in [5.74, 6) is 0. The van der Waals surface area contributed by atoms with E-state index in [9.17, 15) is 0 Å². The summed E-state index contributed by atoms with van der Waals surface area (Å²) in [5, 5.41) is 4.80. The number of fused-ring (bicyclic) bond motifs is 1. The lowest BCUT2D eigenvalue weighted by Gasteiger charge is -2.45. The van der Waals surface area contributed by atoms with E-state index in [0.29, 0.717) is 5.41 Å². The lowest BCUT2D eigenvalue weighted by Crippen LogP contribution is -2.43. The monoisotopic (exact) mass is 234 g/mol. The van der Waals surface area contributed by atoms with Gasteiger partial charge < -0.3 is 0 Å². The van der Waals surface area contributed by atoms with Gasteiger partial charge in [0.1, 0.15) is 0 Å². The fraction of sp³-hybridized carbons (Fsp3) is 0.800. The molecule has 1 aliphatic heterocycles. The molecule has 0 aliphatic carbocycles. The maximum absolute atomic E-state index is 4.80. The summed E-state index contributed by atoms with van der Waals surface area (Å²) < 4.78 is 2.23. The highest BCUT2D eigenvalue weighted by Gasteiger charge is 2.44. The molecule has 1 aliphatic rings. The molecule has 0 saturated heterocycles. The van der Waals surface area contributed by atoms with Gasteiger partial charge in [-0.3, -0.25) is 4.68 Å². The molecule has 0 bridgehead atoms. The van der Waals surface area contributed by atoms with Crippen LogP contribution in [0.25, 0.3) is 0 Å². The normalized spacial score (nSPS) is 22.3.